The van der Waals surface area contributed by atoms with Gasteiger partial charge in [-0.25, -0.2) is 13.4 Å². The van der Waals surface area contributed by atoms with Gasteiger partial charge < -0.3 is 10.1 Å². The fourth-order valence-corrected chi connectivity index (χ4v) is 4.33. The van der Waals surface area contributed by atoms with Crippen LogP contribution in [-0.2, 0) is 14.8 Å². The highest BCUT2D eigenvalue weighted by atomic mass is 32.2. The molecule has 0 radical (unpaired) electrons. The molecule has 0 amide bonds. The van der Waals surface area contributed by atoms with Crippen LogP contribution in [0.4, 0.5) is 5.13 Å². The normalized spacial score (nSPS) is 19.3. The fraction of sp³-hybridized carbons (Fsp3) is 0.727. The molecule has 2 heterocycles. The number of ether oxygens (including phenoxy) is 1. The van der Waals surface area contributed by atoms with Crippen molar-refractivity contribution in [2.75, 3.05) is 25.0 Å². The van der Waals surface area contributed by atoms with E-state index in [2.05, 4.69) is 15.0 Å². The van der Waals surface area contributed by atoms with Gasteiger partial charge in [0.25, 0.3) is 0 Å². The molecule has 2 N–H and O–H groups in total. The predicted octanol–water partition coefficient (Wildman–Crippen LogP) is 1.34. The van der Waals surface area contributed by atoms with E-state index in [1.807, 2.05) is 19.4 Å². The number of aromatic nitrogens is 1. The molecule has 1 fully saturated rings. The van der Waals surface area contributed by atoms with E-state index in [4.69, 9.17) is 4.74 Å². The topological polar surface area (TPSA) is 80.3 Å². The molecule has 0 aliphatic carbocycles. The van der Waals surface area contributed by atoms with Crippen LogP contribution in [0, 0.1) is 0 Å². The summed E-state index contributed by atoms with van der Waals surface area (Å²) < 4.78 is 32.1. The van der Waals surface area contributed by atoms with Crippen molar-refractivity contribution in [3.8, 4) is 0 Å². The molecule has 1 saturated heterocycles. The number of thiazole rings is 1. The zero-order valence-electron chi connectivity index (χ0n) is 11.0. The van der Waals surface area contributed by atoms with Crippen LogP contribution in [0.25, 0.3) is 0 Å². The molecule has 19 heavy (non-hydrogen) atoms. The van der Waals surface area contributed by atoms with Crippen LogP contribution < -0.4 is 10.0 Å². The maximum atomic E-state index is 12.2. The Morgan fingerprint density at radius 3 is 2.79 bits per heavy atom. The van der Waals surface area contributed by atoms with Crippen LogP contribution in [0.3, 0.4) is 0 Å². The van der Waals surface area contributed by atoms with Crippen molar-refractivity contribution in [3.63, 3.8) is 0 Å². The van der Waals surface area contributed by atoms with Gasteiger partial charge in [0.2, 0.25) is 10.0 Å². The molecular weight excluding hydrogens is 286 g/mol. The third-order valence-electron chi connectivity index (χ3n) is 3.24. The van der Waals surface area contributed by atoms with Crippen molar-refractivity contribution in [1.82, 2.24) is 10.3 Å². The highest BCUT2D eigenvalue weighted by Gasteiger charge is 2.28. The molecule has 1 aliphatic rings. The summed E-state index contributed by atoms with van der Waals surface area (Å²) in [5.74, 6) is 0. The summed E-state index contributed by atoms with van der Waals surface area (Å²) >= 11 is 1.31. The Morgan fingerprint density at radius 2 is 2.16 bits per heavy atom. The van der Waals surface area contributed by atoms with Gasteiger partial charge in [-0.2, -0.15) is 0 Å². The second kappa shape index (κ2) is 6.17. The largest absolute Gasteiger partial charge is 0.381 e. The highest BCUT2D eigenvalue weighted by molar-refractivity contribution is 7.93. The summed E-state index contributed by atoms with van der Waals surface area (Å²) in [6.45, 7) is 2.99. The van der Waals surface area contributed by atoms with Gasteiger partial charge in [0.15, 0.2) is 5.13 Å². The number of nitrogens with one attached hydrogen (secondary N) is 2. The van der Waals surface area contributed by atoms with Gasteiger partial charge in [0.1, 0.15) is 0 Å². The minimum absolute atomic E-state index is 0.109. The summed E-state index contributed by atoms with van der Waals surface area (Å²) in [4.78, 5) is 4.30. The first kappa shape index (κ1) is 14.7. The first-order valence-corrected chi connectivity index (χ1v) is 8.67. The first-order valence-electron chi connectivity index (χ1n) is 6.25. The Balaban J connectivity index is 2.05. The van der Waals surface area contributed by atoms with Crippen molar-refractivity contribution in [2.24, 2.45) is 0 Å². The van der Waals surface area contributed by atoms with Crippen molar-refractivity contribution in [1.29, 1.82) is 0 Å². The van der Waals surface area contributed by atoms with Gasteiger partial charge in [0, 0.05) is 24.6 Å². The number of nitrogens with zero attached hydrogens (tertiary/aromatic N) is 1. The molecule has 108 valence electrons. The molecule has 1 atom stereocenters. The number of anilines is 1. The minimum Gasteiger partial charge on any atom is -0.381 e. The van der Waals surface area contributed by atoms with Crippen molar-refractivity contribution >= 4 is 26.5 Å². The van der Waals surface area contributed by atoms with Crippen molar-refractivity contribution < 1.29 is 13.2 Å². The summed E-state index contributed by atoms with van der Waals surface area (Å²) in [5, 5.41) is 4.99. The molecule has 1 unspecified atom stereocenters. The maximum Gasteiger partial charge on any atom is 0.237 e. The van der Waals surface area contributed by atoms with E-state index in [0.717, 1.165) is 5.69 Å². The standard InChI is InChI=1S/C11H19N3O3S2/c1-8(12-2)10-7-18-11(13-10)14-19(15,16)9-3-5-17-6-4-9/h7-9,12H,3-6H2,1-2H3,(H,13,14). The van der Waals surface area contributed by atoms with Gasteiger partial charge in [-0.15, -0.1) is 11.3 Å². The lowest BCUT2D eigenvalue weighted by Crippen LogP contribution is -2.33. The van der Waals surface area contributed by atoms with E-state index in [9.17, 15) is 8.42 Å². The Kier molecular flexibility index (Phi) is 4.77. The van der Waals surface area contributed by atoms with Gasteiger partial charge in [-0.3, -0.25) is 4.72 Å². The molecule has 8 heteroatoms. The third-order valence-corrected chi connectivity index (χ3v) is 5.97. The van der Waals surface area contributed by atoms with E-state index >= 15 is 0 Å². The fourth-order valence-electron chi connectivity index (χ4n) is 1.87. The average Bonchev–Trinajstić information content (AvgIpc) is 2.86. The average molecular weight is 305 g/mol. The predicted molar refractivity (Wildman–Crippen MR) is 76.0 cm³/mol. The van der Waals surface area contributed by atoms with Gasteiger partial charge in [-0.05, 0) is 26.8 Å². The van der Waals surface area contributed by atoms with Crippen LogP contribution in [0.2, 0.25) is 0 Å². The summed E-state index contributed by atoms with van der Waals surface area (Å²) in [7, 11) is -1.51. The van der Waals surface area contributed by atoms with Crippen LogP contribution in [0.1, 0.15) is 31.5 Å². The molecular formula is C11H19N3O3S2. The molecule has 0 spiro atoms. The molecule has 1 aromatic heterocycles. The second-order valence-corrected chi connectivity index (χ2v) is 7.37. The molecule has 0 bridgehead atoms. The number of hydrogen-bond acceptors (Lipinski definition) is 6. The maximum absolute atomic E-state index is 12.2. The Hall–Kier alpha value is -0.700. The zero-order valence-corrected chi connectivity index (χ0v) is 12.7. The monoisotopic (exact) mass is 305 g/mol. The lowest BCUT2D eigenvalue weighted by atomic mass is 10.2. The smallest absolute Gasteiger partial charge is 0.237 e. The van der Waals surface area contributed by atoms with Crippen LogP contribution in [-0.4, -0.2) is 38.9 Å². The number of rotatable bonds is 5. The van der Waals surface area contributed by atoms with Crippen LogP contribution in [0.15, 0.2) is 5.38 Å². The Morgan fingerprint density at radius 1 is 1.47 bits per heavy atom. The Bertz CT molecular complexity index is 509. The lowest BCUT2D eigenvalue weighted by molar-refractivity contribution is 0.0984. The first-order chi connectivity index (χ1) is 9.03. The van der Waals surface area contributed by atoms with Gasteiger partial charge in [-0.1, -0.05) is 0 Å². The number of sulfonamides is 1. The lowest BCUT2D eigenvalue weighted by Gasteiger charge is -2.21. The molecule has 2 rings (SSSR count). The van der Waals surface area contributed by atoms with E-state index in [-0.39, 0.29) is 11.3 Å². The summed E-state index contributed by atoms with van der Waals surface area (Å²) in [6, 6.07) is 0.109. The SMILES string of the molecule is CNC(C)c1csc(NS(=O)(=O)C2CCOCC2)n1. The van der Waals surface area contributed by atoms with E-state index < -0.39 is 10.0 Å². The second-order valence-electron chi connectivity index (χ2n) is 4.55. The Labute approximate surface area is 117 Å². The van der Waals surface area contributed by atoms with E-state index in [1.165, 1.54) is 11.3 Å². The van der Waals surface area contributed by atoms with Gasteiger partial charge in [0.05, 0.1) is 10.9 Å². The van der Waals surface area contributed by atoms with Crippen LogP contribution >= 0.6 is 11.3 Å². The molecule has 1 aromatic rings. The molecule has 6 nitrogen and oxygen atoms in total. The zero-order chi connectivity index (χ0) is 13.9. The van der Waals surface area contributed by atoms with Crippen molar-refractivity contribution in [3.05, 3.63) is 11.1 Å². The highest BCUT2D eigenvalue weighted by Crippen LogP contribution is 2.24. The van der Waals surface area contributed by atoms with Gasteiger partial charge >= 0.3 is 0 Å². The number of hydrogen-bond donors (Lipinski definition) is 2. The van der Waals surface area contributed by atoms with Crippen molar-refractivity contribution in [2.45, 2.75) is 31.1 Å². The summed E-state index contributed by atoms with van der Waals surface area (Å²) in [5.41, 5.74) is 0.845. The third kappa shape index (κ3) is 3.65. The quantitative estimate of drug-likeness (QED) is 0.858. The van der Waals surface area contributed by atoms with E-state index in [1.54, 1.807) is 0 Å². The summed E-state index contributed by atoms with van der Waals surface area (Å²) in [6.07, 6.45) is 1.08. The molecule has 0 saturated carbocycles. The van der Waals surface area contributed by atoms with E-state index in [0.29, 0.717) is 31.2 Å². The minimum atomic E-state index is -3.36. The molecule has 1 aliphatic heterocycles. The van der Waals surface area contributed by atoms with Crippen LogP contribution in [0.5, 0.6) is 0 Å². The molecule has 0 aromatic carbocycles.